The van der Waals surface area contributed by atoms with Gasteiger partial charge in [-0.1, -0.05) is 41.9 Å². The van der Waals surface area contributed by atoms with E-state index in [2.05, 4.69) is 42.2 Å². The number of aromatic amines is 1. The van der Waals surface area contributed by atoms with E-state index in [1.165, 1.54) is 16.5 Å². The molecule has 2 aromatic heterocycles. The summed E-state index contributed by atoms with van der Waals surface area (Å²) in [5.74, 6) is 0. The van der Waals surface area contributed by atoms with Gasteiger partial charge in [0.05, 0.1) is 11.2 Å². The number of hydrogen-bond donors (Lipinski definition) is 1. The molecule has 102 valence electrons. The van der Waals surface area contributed by atoms with Crippen LogP contribution in [0.1, 0.15) is 5.56 Å². The maximum Gasteiger partial charge on any atom is 0.0731 e. The fourth-order valence-electron chi connectivity index (χ4n) is 2.76. The molecule has 4 aromatic rings. The molecular formula is C18H13ClN2. The van der Waals surface area contributed by atoms with Crippen LogP contribution in [0.5, 0.6) is 0 Å². The summed E-state index contributed by atoms with van der Waals surface area (Å²) < 4.78 is 0. The van der Waals surface area contributed by atoms with Crippen molar-refractivity contribution < 1.29 is 0 Å². The van der Waals surface area contributed by atoms with Crippen LogP contribution in [0.4, 0.5) is 0 Å². The third-order valence-electron chi connectivity index (χ3n) is 3.85. The minimum atomic E-state index is 0.710. The van der Waals surface area contributed by atoms with E-state index in [-0.39, 0.29) is 0 Å². The highest BCUT2D eigenvalue weighted by Gasteiger charge is 2.09. The molecule has 0 aliphatic rings. The van der Waals surface area contributed by atoms with Gasteiger partial charge in [-0.05, 0) is 30.7 Å². The summed E-state index contributed by atoms with van der Waals surface area (Å²) in [7, 11) is 0. The minimum Gasteiger partial charge on any atom is -0.360 e. The van der Waals surface area contributed by atoms with Crippen LogP contribution in [0, 0.1) is 6.92 Å². The number of nitrogens with one attached hydrogen (secondary N) is 1. The molecule has 0 atom stereocenters. The molecule has 0 saturated heterocycles. The van der Waals surface area contributed by atoms with Gasteiger partial charge in [-0.3, -0.25) is 0 Å². The summed E-state index contributed by atoms with van der Waals surface area (Å²) in [5, 5.41) is 3.00. The molecule has 2 aromatic carbocycles. The maximum atomic E-state index is 6.07. The van der Waals surface area contributed by atoms with Crippen molar-refractivity contribution in [2.45, 2.75) is 6.92 Å². The summed E-state index contributed by atoms with van der Waals surface area (Å²) in [6, 6.07) is 16.2. The first-order chi connectivity index (χ1) is 10.2. The predicted octanol–water partition coefficient (Wildman–Crippen LogP) is 5.34. The zero-order valence-electron chi connectivity index (χ0n) is 11.5. The van der Waals surface area contributed by atoms with Gasteiger partial charge in [-0.25, -0.2) is 4.98 Å². The number of rotatable bonds is 1. The molecule has 0 saturated carbocycles. The van der Waals surface area contributed by atoms with Crippen LogP contribution in [0.2, 0.25) is 5.02 Å². The number of para-hydroxylation sites is 1. The first-order valence-electron chi connectivity index (χ1n) is 6.86. The Hall–Kier alpha value is -2.32. The first kappa shape index (κ1) is 12.4. The molecule has 0 aliphatic carbocycles. The summed E-state index contributed by atoms with van der Waals surface area (Å²) in [4.78, 5) is 8.10. The van der Waals surface area contributed by atoms with E-state index in [1.54, 1.807) is 0 Å². The van der Waals surface area contributed by atoms with E-state index in [0.29, 0.717) is 5.02 Å². The highest BCUT2D eigenvalue weighted by Crippen LogP contribution is 2.30. The van der Waals surface area contributed by atoms with E-state index in [9.17, 15) is 0 Å². The van der Waals surface area contributed by atoms with Crippen molar-refractivity contribution in [3.63, 3.8) is 0 Å². The molecule has 3 heteroatoms. The van der Waals surface area contributed by atoms with Crippen LogP contribution >= 0.6 is 11.6 Å². The molecule has 2 heterocycles. The van der Waals surface area contributed by atoms with Crippen molar-refractivity contribution in [3.8, 4) is 11.3 Å². The lowest BCUT2D eigenvalue weighted by molar-refractivity contribution is 1.39. The van der Waals surface area contributed by atoms with Crippen molar-refractivity contribution in [2.24, 2.45) is 0 Å². The molecule has 2 nitrogen and oxygen atoms in total. The molecule has 21 heavy (non-hydrogen) atoms. The predicted molar refractivity (Wildman–Crippen MR) is 88.8 cm³/mol. The lowest BCUT2D eigenvalue weighted by Gasteiger charge is -2.03. The lowest BCUT2D eigenvalue weighted by atomic mass is 10.1. The van der Waals surface area contributed by atoms with E-state index >= 15 is 0 Å². The minimum absolute atomic E-state index is 0.710. The van der Waals surface area contributed by atoms with Gasteiger partial charge in [-0.15, -0.1) is 0 Å². The van der Waals surface area contributed by atoms with E-state index in [4.69, 9.17) is 16.6 Å². The summed E-state index contributed by atoms with van der Waals surface area (Å²) >= 11 is 6.07. The Labute approximate surface area is 127 Å². The Bertz CT molecular complexity index is 969. The van der Waals surface area contributed by atoms with Crippen molar-refractivity contribution >= 4 is 33.4 Å². The Kier molecular flexibility index (Phi) is 2.72. The molecule has 4 rings (SSSR count). The topological polar surface area (TPSA) is 28.7 Å². The largest absolute Gasteiger partial charge is 0.360 e. The van der Waals surface area contributed by atoms with Crippen LogP contribution < -0.4 is 0 Å². The van der Waals surface area contributed by atoms with Crippen LogP contribution in [0.25, 0.3) is 33.1 Å². The number of hydrogen-bond acceptors (Lipinski definition) is 1. The van der Waals surface area contributed by atoms with Gasteiger partial charge in [0.2, 0.25) is 0 Å². The zero-order valence-corrected chi connectivity index (χ0v) is 12.3. The third-order valence-corrected chi connectivity index (χ3v) is 4.09. The Morgan fingerprint density at radius 3 is 2.81 bits per heavy atom. The van der Waals surface area contributed by atoms with Crippen LogP contribution in [-0.2, 0) is 0 Å². The molecule has 0 fully saturated rings. The monoisotopic (exact) mass is 292 g/mol. The Morgan fingerprint density at radius 2 is 1.90 bits per heavy atom. The molecule has 0 spiro atoms. The van der Waals surface area contributed by atoms with Crippen molar-refractivity contribution in [1.82, 2.24) is 9.97 Å². The van der Waals surface area contributed by atoms with E-state index in [0.717, 1.165) is 22.2 Å². The van der Waals surface area contributed by atoms with Crippen LogP contribution in [0.3, 0.4) is 0 Å². The molecule has 0 radical (unpaired) electrons. The second-order valence-electron chi connectivity index (χ2n) is 5.23. The second-order valence-corrected chi connectivity index (χ2v) is 5.67. The smallest absolute Gasteiger partial charge is 0.0731 e. The number of pyridine rings is 1. The summed E-state index contributed by atoms with van der Waals surface area (Å²) in [6.45, 7) is 2.11. The average molecular weight is 293 g/mol. The zero-order chi connectivity index (χ0) is 14.4. The molecule has 0 bridgehead atoms. The molecular weight excluding hydrogens is 280 g/mol. The van der Waals surface area contributed by atoms with E-state index < -0.39 is 0 Å². The van der Waals surface area contributed by atoms with Crippen LogP contribution in [-0.4, -0.2) is 9.97 Å². The number of aryl methyl sites for hydroxylation is 1. The molecule has 0 amide bonds. The molecule has 0 unspecified atom stereocenters. The number of fused-ring (bicyclic) bond motifs is 2. The highest BCUT2D eigenvalue weighted by molar-refractivity contribution is 6.31. The molecule has 1 N–H and O–H groups in total. The standard InChI is InChI=1S/C18H13ClN2/c1-11-3-2-4-14-15(10-20-18(11)14)16-8-6-12-5-7-13(19)9-17(12)21-16/h2-10,20H,1H3. The summed E-state index contributed by atoms with van der Waals surface area (Å²) in [5.41, 5.74) is 5.40. The quantitative estimate of drug-likeness (QED) is 0.503. The normalized spacial score (nSPS) is 11.3. The van der Waals surface area contributed by atoms with Gasteiger partial charge in [0.25, 0.3) is 0 Å². The average Bonchev–Trinajstić information content (AvgIpc) is 2.92. The number of halogens is 1. The number of benzene rings is 2. The van der Waals surface area contributed by atoms with Crippen LogP contribution in [0.15, 0.2) is 54.7 Å². The van der Waals surface area contributed by atoms with Gasteiger partial charge in [0.1, 0.15) is 0 Å². The Morgan fingerprint density at radius 1 is 1.05 bits per heavy atom. The molecule has 0 aliphatic heterocycles. The third kappa shape index (κ3) is 1.99. The van der Waals surface area contributed by atoms with Gasteiger partial charge in [0, 0.05) is 33.1 Å². The first-order valence-corrected chi connectivity index (χ1v) is 7.23. The fourth-order valence-corrected chi connectivity index (χ4v) is 2.92. The number of H-pyrrole nitrogens is 1. The van der Waals surface area contributed by atoms with Crippen molar-refractivity contribution in [2.75, 3.05) is 0 Å². The number of nitrogens with zero attached hydrogens (tertiary/aromatic N) is 1. The van der Waals surface area contributed by atoms with Gasteiger partial charge in [0.15, 0.2) is 0 Å². The van der Waals surface area contributed by atoms with Gasteiger partial charge >= 0.3 is 0 Å². The summed E-state index contributed by atoms with van der Waals surface area (Å²) in [6.07, 6.45) is 2.02. The lowest BCUT2D eigenvalue weighted by Crippen LogP contribution is -1.84. The fraction of sp³-hybridized carbons (Fsp3) is 0.0556. The van der Waals surface area contributed by atoms with Gasteiger partial charge in [-0.2, -0.15) is 0 Å². The van der Waals surface area contributed by atoms with Crippen molar-refractivity contribution in [1.29, 1.82) is 0 Å². The van der Waals surface area contributed by atoms with Crippen molar-refractivity contribution in [3.05, 3.63) is 65.3 Å². The SMILES string of the molecule is Cc1cccc2c(-c3ccc4ccc(Cl)cc4n3)c[nH]c12. The Balaban J connectivity index is 1.98. The van der Waals surface area contributed by atoms with E-state index in [1.807, 2.05) is 24.4 Å². The highest BCUT2D eigenvalue weighted by atomic mass is 35.5. The van der Waals surface area contributed by atoms with Gasteiger partial charge < -0.3 is 4.98 Å². The number of aromatic nitrogens is 2. The second kappa shape index (κ2) is 4.61. The maximum absolute atomic E-state index is 6.07.